The van der Waals surface area contributed by atoms with Gasteiger partial charge in [0.25, 0.3) is 0 Å². The quantitative estimate of drug-likeness (QED) is 0.732. The molecule has 1 saturated heterocycles. The second-order valence-corrected chi connectivity index (χ2v) is 4.76. The molecule has 1 unspecified atom stereocenters. The van der Waals surface area contributed by atoms with Crippen LogP contribution in [0.2, 0.25) is 0 Å². The number of carbonyl (C=O) groups is 1. The molecule has 1 fully saturated rings. The van der Waals surface area contributed by atoms with Crippen molar-refractivity contribution in [3.63, 3.8) is 0 Å². The van der Waals surface area contributed by atoms with Gasteiger partial charge in [-0.3, -0.25) is 4.79 Å². The minimum Gasteiger partial charge on any atom is -0.343 e. The van der Waals surface area contributed by atoms with Crippen molar-refractivity contribution < 1.29 is 4.79 Å². The van der Waals surface area contributed by atoms with Crippen LogP contribution in [0.4, 0.5) is 0 Å². The van der Waals surface area contributed by atoms with Gasteiger partial charge in [0.15, 0.2) is 0 Å². The van der Waals surface area contributed by atoms with Crippen LogP contribution in [0.1, 0.15) is 26.2 Å². The van der Waals surface area contributed by atoms with Crippen molar-refractivity contribution in [3.8, 4) is 0 Å². The molecule has 1 heterocycles. The Labute approximate surface area is 92.4 Å². The normalized spacial score (nSPS) is 20.7. The number of likely N-dealkylation sites (tertiary alicyclic amines) is 1. The van der Waals surface area contributed by atoms with Crippen LogP contribution in [0.3, 0.4) is 0 Å². The summed E-state index contributed by atoms with van der Waals surface area (Å²) in [5.74, 6) is 0.210. The van der Waals surface area contributed by atoms with E-state index in [1.54, 1.807) is 0 Å². The fourth-order valence-corrected chi connectivity index (χ4v) is 2.04. The van der Waals surface area contributed by atoms with Crippen LogP contribution < -0.4 is 5.73 Å². The molecule has 0 aromatic rings. The SMILES string of the molecule is CC(N)CC(=O)N1CCC(N(C)C)CC1. The van der Waals surface area contributed by atoms with Gasteiger partial charge in [-0.2, -0.15) is 0 Å². The van der Waals surface area contributed by atoms with Gasteiger partial charge in [-0.15, -0.1) is 0 Å². The molecule has 1 aliphatic heterocycles. The Bertz CT molecular complexity index is 208. The van der Waals surface area contributed by atoms with E-state index in [1.165, 1.54) is 0 Å². The number of rotatable bonds is 3. The first-order chi connectivity index (χ1) is 7.00. The molecule has 0 spiro atoms. The largest absolute Gasteiger partial charge is 0.343 e. The number of piperidine rings is 1. The first-order valence-corrected chi connectivity index (χ1v) is 5.70. The maximum Gasteiger partial charge on any atom is 0.224 e. The van der Waals surface area contributed by atoms with E-state index in [1.807, 2.05) is 11.8 Å². The maximum atomic E-state index is 11.7. The molecule has 0 aromatic heterocycles. The van der Waals surface area contributed by atoms with E-state index < -0.39 is 0 Å². The summed E-state index contributed by atoms with van der Waals surface area (Å²) in [4.78, 5) is 15.9. The van der Waals surface area contributed by atoms with Gasteiger partial charge < -0.3 is 15.5 Å². The van der Waals surface area contributed by atoms with Gasteiger partial charge >= 0.3 is 0 Å². The lowest BCUT2D eigenvalue weighted by molar-refractivity contribution is -0.132. The third kappa shape index (κ3) is 3.80. The lowest BCUT2D eigenvalue weighted by atomic mass is 10.0. The monoisotopic (exact) mass is 213 g/mol. The molecule has 0 radical (unpaired) electrons. The van der Waals surface area contributed by atoms with Crippen molar-refractivity contribution in [2.75, 3.05) is 27.2 Å². The second kappa shape index (κ2) is 5.47. The van der Waals surface area contributed by atoms with Gasteiger partial charge in [-0.25, -0.2) is 0 Å². The van der Waals surface area contributed by atoms with Gasteiger partial charge in [0, 0.05) is 31.6 Å². The Hall–Kier alpha value is -0.610. The highest BCUT2D eigenvalue weighted by molar-refractivity contribution is 5.76. The Morgan fingerprint density at radius 1 is 1.47 bits per heavy atom. The predicted octanol–water partition coefficient (Wildman–Crippen LogP) is 0.276. The maximum absolute atomic E-state index is 11.7. The first-order valence-electron chi connectivity index (χ1n) is 5.70. The van der Waals surface area contributed by atoms with Crippen molar-refractivity contribution in [1.29, 1.82) is 0 Å². The van der Waals surface area contributed by atoms with Crippen molar-refractivity contribution in [3.05, 3.63) is 0 Å². The zero-order valence-corrected chi connectivity index (χ0v) is 10.1. The van der Waals surface area contributed by atoms with Crippen LogP contribution in [-0.2, 0) is 4.79 Å². The van der Waals surface area contributed by atoms with Crippen LogP contribution in [0.25, 0.3) is 0 Å². The summed E-state index contributed by atoms with van der Waals surface area (Å²) in [7, 11) is 4.20. The summed E-state index contributed by atoms with van der Waals surface area (Å²) in [5.41, 5.74) is 5.62. The van der Waals surface area contributed by atoms with E-state index in [2.05, 4.69) is 19.0 Å². The molecule has 1 amide bonds. The lowest BCUT2D eigenvalue weighted by Gasteiger charge is -2.35. The molecule has 2 N–H and O–H groups in total. The third-order valence-corrected chi connectivity index (χ3v) is 3.04. The number of hydrogen-bond acceptors (Lipinski definition) is 3. The van der Waals surface area contributed by atoms with Crippen LogP contribution in [0.5, 0.6) is 0 Å². The lowest BCUT2D eigenvalue weighted by Crippen LogP contribution is -2.45. The highest BCUT2D eigenvalue weighted by Crippen LogP contribution is 2.15. The van der Waals surface area contributed by atoms with Gasteiger partial charge in [0.1, 0.15) is 0 Å². The fourth-order valence-electron chi connectivity index (χ4n) is 2.04. The van der Waals surface area contributed by atoms with E-state index in [0.717, 1.165) is 25.9 Å². The van der Waals surface area contributed by atoms with E-state index in [9.17, 15) is 4.79 Å². The summed E-state index contributed by atoms with van der Waals surface area (Å²) in [6, 6.07) is 0.605. The standard InChI is InChI=1S/C11H23N3O/c1-9(12)8-11(15)14-6-4-10(5-7-14)13(2)3/h9-10H,4-8,12H2,1-3H3. The van der Waals surface area contributed by atoms with Crippen molar-refractivity contribution >= 4 is 5.91 Å². The highest BCUT2D eigenvalue weighted by atomic mass is 16.2. The minimum atomic E-state index is -0.0240. The number of nitrogens with zero attached hydrogens (tertiary/aromatic N) is 2. The van der Waals surface area contributed by atoms with Crippen LogP contribution in [0.15, 0.2) is 0 Å². The summed E-state index contributed by atoms with van der Waals surface area (Å²) >= 11 is 0. The van der Waals surface area contributed by atoms with Crippen molar-refractivity contribution in [1.82, 2.24) is 9.80 Å². The van der Waals surface area contributed by atoms with E-state index in [4.69, 9.17) is 5.73 Å². The van der Waals surface area contributed by atoms with Crippen LogP contribution in [-0.4, -0.2) is 55.0 Å². The van der Waals surface area contributed by atoms with Crippen molar-refractivity contribution in [2.24, 2.45) is 5.73 Å². The van der Waals surface area contributed by atoms with Gasteiger partial charge in [-0.05, 0) is 33.9 Å². The van der Waals surface area contributed by atoms with Crippen LogP contribution in [0, 0.1) is 0 Å². The first kappa shape index (κ1) is 12.5. The highest BCUT2D eigenvalue weighted by Gasteiger charge is 2.23. The van der Waals surface area contributed by atoms with Gasteiger partial charge in [0.2, 0.25) is 5.91 Å². The molecule has 0 bridgehead atoms. The summed E-state index contributed by atoms with van der Waals surface area (Å²) < 4.78 is 0. The molecule has 4 nitrogen and oxygen atoms in total. The molecule has 88 valence electrons. The van der Waals surface area contributed by atoms with Gasteiger partial charge in [-0.1, -0.05) is 0 Å². The Balaban J connectivity index is 2.34. The molecule has 1 aliphatic rings. The zero-order chi connectivity index (χ0) is 11.4. The summed E-state index contributed by atoms with van der Waals surface area (Å²) in [6.45, 7) is 3.65. The smallest absolute Gasteiger partial charge is 0.224 e. The predicted molar refractivity (Wildman–Crippen MR) is 61.6 cm³/mol. The van der Waals surface area contributed by atoms with Gasteiger partial charge in [0.05, 0.1) is 0 Å². The molecule has 4 heteroatoms. The molecule has 15 heavy (non-hydrogen) atoms. The molecule has 0 aliphatic carbocycles. The fraction of sp³-hybridized carbons (Fsp3) is 0.909. The van der Waals surface area contributed by atoms with E-state index in [-0.39, 0.29) is 11.9 Å². The molecular weight excluding hydrogens is 190 g/mol. The molecule has 0 aromatic carbocycles. The Kier molecular flexibility index (Phi) is 4.54. The van der Waals surface area contributed by atoms with Crippen molar-refractivity contribution in [2.45, 2.75) is 38.3 Å². The Morgan fingerprint density at radius 2 is 2.00 bits per heavy atom. The number of carbonyl (C=O) groups excluding carboxylic acids is 1. The molecule has 0 saturated carbocycles. The molecular formula is C11H23N3O. The van der Waals surface area contributed by atoms with Crippen LogP contribution >= 0.6 is 0 Å². The van der Waals surface area contributed by atoms with E-state index in [0.29, 0.717) is 12.5 Å². The second-order valence-electron chi connectivity index (χ2n) is 4.76. The number of hydrogen-bond donors (Lipinski definition) is 1. The summed E-state index contributed by atoms with van der Waals surface area (Å²) in [6.07, 6.45) is 2.64. The van der Waals surface area contributed by atoms with E-state index >= 15 is 0 Å². The minimum absolute atomic E-state index is 0.0240. The molecule has 1 rings (SSSR count). The molecule has 1 atom stereocenters. The zero-order valence-electron chi connectivity index (χ0n) is 10.1. The Morgan fingerprint density at radius 3 is 2.40 bits per heavy atom. The topological polar surface area (TPSA) is 49.6 Å². The third-order valence-electron chi connectivity index (χ3n) is 3.04. The average Bonchev–Trinajstić information content (AvgIpc) is 2.17. The average molecular weight is 213 g/mol. The number of amides is 1. The summed E-state index contributed by atoms with van der Waals surface area (Å²) in [5, 5.41) is 0. The number of nitrogens with two attached hydrogens (primary N) is 1.